The quantitative estimate of drug-likeness (QED) is 0.612. The molecule has 0 atom stereocenters. The Balaban J connectivity index is 2.95. The maximum atomic E-state index is 10.9. The van der Waals surface area contributed by atoms with Crippen LogP contribution in [0.25, 0.3) is 0 Å². The molecular weight excluding hydrogens is 216 g/mol. The topological polar surface area (TPSA) is 72.1 Å². The maximum absolute atomic E-state index is 10.9. The van der Waals surface area contributed by atoms with Gasteiger partial charge in [-0.1, -0.05) is 24.9 Å². The molecule has 0 spiro atoms. The molecule has 0 saturated carbocycles. The molecule has 0 aliphatic rings. The second-order valence-corrected chi connectivity index (χ2v) is 3.41. The first-order chi connectivity index (χ1) is 7.20. The van der Waals surface area contributed by atoms with Crippen molar-refractivity contribution >= 4 is 29.5 Å². The summed E-state index contributed by atoms with van der Waals surface area (Å²) >= 11 is 5.85. The van der Waals surface area contributed by atoms with Gasteiger partial charge in [-0.05, 0) is 6.42 Å². The van der Waals surface area contributed by atoms with Gasteiger partial charge in [-0.15, -0.1) is 0 Å². The first kappa shape index (κ1) is 11.7. The van der Waals surface area contributed by atoms with Crippen molar-refractivity contribution in [2.75, 3.05) is 17.2 Å². The van der Waals surface area contributed by atoms with Gasteiger partial charge in [0.05, 0.1) is 0 Å². The summed E-state index contributed by atoms with van der Waals surface area (Å²) in [6, 6.07) is 0. The van der Waals surface area contributed by atoms with Crippen molar-refractivity contribution in [3.63, 3.8) is 0 Å². The number of hydrogen-bond donors (Lipinski definition) is 1. The molecule has 15 heavy (non-hydrogen) atoms. The summed E-state index contributed by atoms with van der Waals surface area (Å²) < 4.78 is 0. The predicted molar refractivity (Wildman–Crippen MR) is 59.8 cm³/mol. The second kappa shape index (κ2) is 5.50. The highest BCUT2D eigenvalue weighted by Crippen LogP contribution is 2.27. The largest absolute Gasteiger partial charge is 0.382 e. The zero-order valence-corrected chi connectivity index (χ0v) is 9.24. The first-order valence-corrected chi connectivity index (χ1v) is 5.06. The number of unbranched alkanes of at least 4 members (excludes halogenated alkanes) is 1. The molecule has 0 saturated heterocycles. The van der Waals surface area contributed by atoms with E-state index in [4.69, 9.17) is 17.3 Å². The molecule has 1 amide bonds. The number of carbonyl (C=O) groups excluding carboxylic acids is 1. The van der Waals surface area contributed by atoms with Gasteiger partial charge in [0.2, 0.25) is 6.41 Å². The molecule has 82 valence electrons. The molecule has 1 aromatic heterocycles. The maximum Gasteiger partial charge on any atom is 0.214 e. The summed E-state index contributed by atoms with van der Waals surface area (Å²) in [6.45, 7) is 2.60. The van der Waals surface area contributed by atoms with Gasteiger partial charge in [0.25, 0.3) is 0 Å². The number of rotatable bonds is 5. The Morgan fingerprint density at radius 1 is 1.60 bits per heavy atom. The number of nitrogens with zero attached hydrogens (tertiary/aromatic N) is 3. The lowest BCUT2D eigenvalue weighted by atomic mass is 10.3. The van der Waals surface area contributed by atoms with Crippen LogP contribution in [0, 0.1) is 0 Å². The van der Waals surface area contributed by atoms with Crippen molar-refractivity contribution in [3.05, 3.63) is 11.5 Å². The Morgan fingerprint density at radius 3 is 2.87 bits per heavy atom. The standard InChI is InChI=1S/C9H13ClN4O/c1-2-3-4-14(6-15)7-8(10)12-5-13-9(7)11/h5-6H,2-4H2,1H3,(H2,11,12,13). The van der Waals surface area contributed by atoms with Crippen LogP contribution in [0.4, 0.5) is 11.5 Å². The fraction of sp³-hybridized carbons (Fsp3) is 0.444. The minimum atomic E-state index is 0.200. The number of anilines is 2. The Labute approximate surface area is 93.3 Å². The van der Waals surface area contributed by atoms with Gasteiger partial charge in [-0.25, -0.2) is 9.97 Å². The SMILES string of the molecule is CCCCN(C=O)c1c(N)ncnc1Cl. The van der Waals surface area contributed by atoms with Crippen molar-refractivity contribution in [1.82, 2.24) is 9.97 Å². The van der Waals surface area contributed by atoms with Gasteiger partial charge in [-0.3, -0.25) is 4.79 Å². The van der Waals surface area contributed by atoms with E-state index < -0.39 is 0 Å². The molecule has 1 aromatic rings. The molecule has 1 heterocycles. The van der Waals surface area contributed by atoms with Crippen LogP contribution in [0.2, 0.25) is 5.15 Å². The van der Waals surface area contributed by atoms with Crippen molar-refractivity contribution in [1.29, 1.82) is 0 Å². The highest BCUT2D eigenvalue weighted by atomic mass is 35.5. The predicted octanol–water partition coefficient (Wildman–Crippen LogP) is 1.48. The van der Waals surface area contributed by atoms with Crippen molar-refractivity contribution in [3.8, 4) is 0 Å². The van der Waals surface area contributed by atoms with Gasteiger partial charge < -0.3 is 10.6 Å². The van der Waals surface area contributed by atoms with Crippen molar-refractivity contribution in [2.24, 2.45) is 0 Å². The van der Waals surface area contributed by atoms with Crippen LogP contribution in [-0.4, -0.2) is 22.9 Å². The summed E-state index contributed by atoms with van der Waals surface area (Å²) in [5.74, 6) is 0.221. The van der Waals surface area contributed by atoms with E-state index in [-0.39, 0.29) is 11.0 Å². The third-order valence-electron chi connectivity index (χ3n) is 1.97. The Morgan fingerprint density at radius 2 is 2.33 bits per heavy atom. The van der Waals surface area contributed by atoms with E-state index in [1.54, 1.807) is 0 Å². The van der Waals surface area contributed by atoms with Crippen LogP contribution >= 0.6 is 11.6 Å². The summed E-state index contributed by atoms with van der Waals surface area (Å²) in [7, 11) is 0. The van der Waals surface area contributed by atoms with E-state index in [0.29, 0.717) is 18.6 Å². The van der Waals surface area contributed by atoms with Crippen LogP contribution < -0.4 is 10.6 Å². The van der Waals surface area contributed by atoms with E-state index >= 15 is 0 Å². The van der Waals surface area contributed by atoms with Crippen molar-refractivity contribution < 1.29 is 4.79 Å². The van der Waals surface area contributed by atoms with Crippen LogP contribution in [0.1, 0.15) is 19.8 Å². The number of amides is 1. The number of nitrogen functional groups attached to an aromatic ring is 1. The molecule has 5 nitrogen and oxygen atoms in total. The zero-order chi connectivity index (χ0) is 11.3. The Bertz CT molecular complexity index is 325. The summed E-state index contributed by atoms with van der Waals surface area (Å²) in [6.07, 6.45) is 3.82. The van der Waals surface area contributed by atoms with Gasteiger partial charge in [-0.2, -0.15) is 0 Å². The minimum Gasteiger partial charge on any atom is -0.382 e. The number of halogens is 1. The van der Waals surface area contributed by atoms with Gasteiger partial charge in [0, 0.05) is 6.54 Å². The normalized spacial score (nSPS) is 10.0. The average Bonchev–Trinajstić information content (AvgIpc) is 2.22. The Hall–Kier alpha value is -1.36. The molecule has 6 heteroatoms. The lowest BCUT2D eigenvalue weighted by molar-refractivity contribution is -0.107. The minimum absolute atomic E-state index is 0.200. The molecule has 1 rings (SSSR count). The molecule has 0 fully saturated rings. The van der Waals surface area contributed by atoms with Gasteiger partial charge in [0.1, 0.15) is 12.0 Å². The highest BCUT2D eigenvalue weighted by Gasteiger charge is 2.14. The van der Waals surface area contributed by atoms with Gasteiger partial charge in [0.15, 0.2) is 11.0 Å². The second-order valence-electron chi connectivity index (χ2n) is 3.05. The highest BCUT2D eigenvalue weighted by molar-refractivity contribution is 6.32. The van der Waals surface area contributed by atoms with Gasteiger partial charge >= 0.3 is 0 Å². The lowest BCUT2D eigenvalue weighted by Crippen LogP contribution is -2.24. The summed E-state index contributed by atoms with van der Waals surface area (Å²) in [5, 5.41) is 0.200. The third-order valence-corrected chi connectivity index (χ3v) is 2.25. The van der Waals surface area contributed by atoms with E-state index in [0.717, 1.165) is 12.8 Å². The molecule has 0 aliphatic carbocycles. The average molecular weight is 229 g/mol. The summed E-state index contributed by atoms with van der Waals surface area (Å²) in [5.41, 5.74) is 6.02. The van der Waals surface area contributed by atoms with E-state index in [9.17, 15) is 4.79 Å². The van der Waals surface area contributed by atoms with Crippen molar-refractivity contribution in [2.45, 2.75) is 19.8 Å². The van der Waals surface area contributed by atoms with E-state index in [1.807, 2.05) is 6.92 Å². The monoisotopic (exact) mass is 228 g/mol. The lowest BCUT2D eigenvalue weighted by Gasteiger charge is -2.18. The van der Waals surface area contributed by atoms with Crippen LogP contribution in [0.5, 0.6) is 0 Å². The van der Waals surface area contributed by atoms with Crippen LogP contribution in [-0.2, 0) is 4.79 Å². The van der Waals surface area contributed by atoms with E-state index in [2.05, 4.69) is 9.97 Å². The molecule has 0 bridgehead atoms. The van der Waals surface area contributed by atoms with E-state index in [1.165, 1.54) is 11.2 Å². The third kappa shape index (κ3) is 2.79. The number of aromatic nitrogens is 2. The fourth-order valence-corrected chi connectivity index (χ4v) is 1.43. The fourth-order valence-electron chi connectivity index (χ4n) is 1.18. The number of carbonyl (C=O) groups is 1. The smallest absolute Gasteiger partial charge is 0.214 e. The molecule has 0 aromatic carbocycles. The number of nitrogens with two attached hydrogens (primary N) is 1. The molecular formula is C9H13ClN4O. The van der Waals surface area contributed by atoms with Crippen LogP contribution in [0.15, 0.2) is 6.33 Å². The van der Waals surface area contributed by atoms with Crippen LogP contribution in [0.3, 0.4) is 0 Å². The Kier molecular flexibility index (Phi) is 4.30. The summed E-state index contributed by atoms with van der Waals surface area (Å²) in [4.78, 5) is 19.9. The molecule has 0 unspecified atom stereocenters. The molecule has 0 radical (unpaired) electrons. The number of hydrogen-bond acceptors (Lipinski definition) is 4. The molecule has 2 N–H and O–H groups in total. The zero-order valence-electron chi connectivity index (χ0n) is 8.48. The molecule has 0 aliphatic heterocycles. The first-order valence-electron chi connectivity index (χ1n) is 4.68.